The third-order valence-electron chi connectivity index (χ3n) is 6.35. The molecule has 3 aromatic rings. The van der Waals surface area contributed by atoms with E-state index in [2.05, 4.69) is 14.8 Å². The maximum Gasteiger partial charge on any atom is 0.257 e. The molecular formula is C26H30ClN3O3S. The van der Waals surface area contributed by atoms with Crippen molar-refractivity contribution in [1.82, 2.24) is 9.47 Å². The number of benzene rings is 2. The molecule has 6 nitrogen and oxygen atoms in total. The molecule has 0 unspecified atom stereocenters. The van der Waals surface area contributed by atoms with Gasteiger partial charge in [-0.15, -0.1) is 0 Å². The van der Waals surface area contributed by atoms with E-state index in [0.29, 0.717) is 16.3 Å². The van der Waals surface area contributed by atoms with Crippen molar-refractivity contribution in [3.63, 3.8) is 0 Å². The molecule has 34 heavy (non-hydrogen) atoms. The van der Waals surface area contributed by atoms with E-state index < -0.39 is 9.84 Å². The lowest BCUT2D eigenvalue weighted by molar-refractivity contribution is 0.102. The van der Waals surface area contributed by atoms with Gasteiger partial charge in [-0.25, -0.2) is 8.42 Å². The van der Waals surface area contributed by atoms with E-state index in [1.165, 1.54) is 31.4 Å². The molecule has 0 saturated carbocycles. The third-order valence-corrected chi connectivity index (χ3v) is 7.81. The lowest BCUT2D eigenvalue weighted by Gasteiger charge is -2.27. The maximum atomic E-state index is 13.2. The van der Waals surface area contributed by atoms with E-state index in [-0.39, 0.29) is 10.8 Å². The Morgan fingerprint density at radius 2 is 1.68 bits per heavy atom. The van der Waals surface area contributed by atoms with Crippen molar-refractivity contribution >= 4 is 33.0 Å². The number of carbonyl (C=O) groups is 1. The Hall–Kier alpha value is -2.61. The minimum Gasteiger partial charge on any atom is -0.345 e. The highest BCUT2D eigenvalue weighted by atomic mass is 35.5. The van der Waals surface area contributed by atoms with Crippen LogP contribution in [0.3, 0.4) is 0 Å². The van der Waals surface area contributed by atoms with Crippen LogP contribution in [0, 0.1) is 6.92 Å². The molecule has 8 heteroatoms. The summed E-state index contributed by atoms with van der Waals surface area (Å²) in [6, 6.07) is 13.9. The number of anilines is 1. The lowest BCUT2D eigenvalue weighted by Crippen LogP contribution is -2.32. The molecule has 0 bridgehead atoms. The molecule has 1 fully saturated rings. The average molecular weight is 500 g/mol. The first-order valence-corrected chi connectivity index (χ1v) is 13.8. The largest absolute Gasteiger partial charge is 0.345 e. The van der Waals surface area contributed by atoms with Crippen molar-refractivity contribution in [2.24, 2.45) is 0 Å². The second kappa shape index (κ2) is 10.3. The van der Waals surface area contributed by atoms with Crippen molar-refractivity contribution in [2.75, 3.05) is 31.2 Å². The highest BCUT2D eigenvalue weighted by Crippen LogP contribution is 2.33. The summed E-state index contributed by atoms with van der Waals surface area (Å²) in [5.74, 6) is -0.241. The molecule has 2 aromatic carbocycles. The number of sulfone groups is 1. The number of hydrogen-bond donors (Lipinski definition) is 1. The number of hydrogen-bond acceptors (Lipinski definition) is 4. The topological polar surface area (TPSA) is 71.4 Å². The normalized spacial score (nSPS) is 14.8. The first kappa shape index (κ1) is 24.5. The van der Waals surface area contributed by atoms with Crippen LogP contribution in [0.15, 0.2) is 59.6 Å². The summed E-state index contributed by atoms with van der Waals surface area (Å²) in [5.41, 5.74) is 3.81. The average Bonchev–Trinajstić information content (AvgIpc) is 3.14. The molecule has 180 valence electrons. The number of amides is 1. The highest BCUT2D eigenvalue weighted by Gasteiger charge is 2.21. The number of likely N-dealkylation sites (tertiary alicyclic amines) is 1. The van der Waals surface area contributed by atoms with Crippen molar-refractivity contribution in [3.8, 4) is 11.3 Å². The number of nitrogens with zero attached hydrogens (tertiary/aromatic N) is 2. The summed E-state index contributed by atoms with van der Waals surface area (Å²) in [4.78, 5) is 15.9. The van der Waals surface area contributed by atoms with Gasteiger partial charge in [-0.1, -0.05) is 36.2 Å². The highest BCUT2D eigenvalue weighted by molar-refractivity contribution is 7.90. The van der Waals surface area contributed by atoms with E-state index in [1.807, 2.05) is 37.4 Å². The van der Waals surface area contributed by atoms with Crippen LogP contribution in [0.1, 0.15) is 35.2 Å². The summed E-state index contributed by atoms with van der Waals surface area (Å²) in [6.07, 6.45) is 6.81. The summed E-state index contributed by atoms with van der Waals surface area (Å²) in [6.45, 7) is 5.84. The molecule has 1 aliphatic heterocycles. The molecule has 1 amide bonds. The third kappa shape index (κ3) is 5.54. The van der Waals surface area contributed by atoms with Gasteiger partial charge in [-0.2, -0.15) is 0 Å². The lowest BCUT2D eigenvalue weighted by atomic mass is 10.1. The van der Waals surface area contributed by atoms with Crippen molar-refractivity contribution in [2.45, 2.75) is 37.6 Å². The van der Waals surface area contributed by atoms with Crippen molar-refractivity contribution < 1.29 is 13.2 Å². The van der Waals surface area contributed by atoms with Crippen LogP contribution >= 0.6 is 11.6 Å². The minimum absolute atomic E-state index is 0.214. The second-order valence-corrected chi connectivity index (χ2v) is 11.3. The van der Waals surface area contributed by atoms with Gasteiger partial charge in [0.05, 0.1) is 16.2 Å². The predicted octanol–water partition coefficient (Wildman–Crippen LogP) is 5.26. The second-order valence-electron chi connectivity index (χ2n) is 8.84. The fraction of sp³-hybridized carbons (Fsp3) is 0.346. The van der Waals surface area contributed by atoms with Gasteiger partial charge in [0.15, 0.2) is 9.84 Å². The Bertz CT molecular complexity index is 1280. The van der Waals surface area contributed by atoms with Crippen LogP contribution in [-0.2, 0) is 16.4 Å². The number of halogens is 1. The number of piperidine rings is 1. The molecule has 1 aliphatic rings. The fourth-order valence-electron chi connectivity index (χ4n) is 4.49. The summed E-state index contributed by atoms with van der Waals surface area (Å²) < 4.78 is 25.5. The summed E-state index contributed by atoms with van der Waals surface area (Å²) >= 11 is 6.55. The van der Waals surface area contributed by atoms with E-state index in [4.69, 9.17) is 11.6 Å². The molecule has 2 heterocycles. The first-order chi connectivity index (χ1) is 16.2. The van der Waals surface area contributed by atoms with Gasteiger partial charge in [-0.05, 0) is 68.8 Å². The van der Waals surface area contributed by atoms with Gasteiger partial charge in [0.1, 0.15) is 0 Å². The number of rotatable bonds is 7. The van der Waals surface area contributed by atoms with Crippen molar-refractivity contribution in [3.05, 3.63) is 70.9 Å². The standard InChI is InChI=1S/C26H30ClN3O3S/c1-19-23(26(31)28-20-10-12-21(13-11-20)34(2,32)33)18-30(17-16-29-14-6-3-7-15-29)25(19)22-8-4-5-9-24(22)27/h4-5,8-13,18H,3,6-7,14-17H2,1-2H3,(H,28,31). The van der Waals surface area contributed by atoms with Crippen LogP contribution in [0.5, 0.6) is 0 Å². The van der Waals surface area contributed by atoms with Gasteiger partial charge >= 0.3 is 0 Å². The quantitative estimate of drug-likeness (QED) is 0.481. The van der Waals surface area contributed by atoms with Gasteiger partial charge < -0.3 is 14.8 Å². The monoisotopic (exact) mass is 499 g/mol. The molecule has 1 N–H and O–H groups in total. The maximum absolute atomic E-state index is 13.2. The Morgan fingerprint density at radius 1 is 1.00 bits per heavy atom. The molecule has 0 spiro atoms. The fourth-order valence-corrected chi connectivity index (χ4v) is 5.35. The minimum atomic E-state index is -3.29. The number of aromatic nitrogens is 1. The van der Waals surface area contributed by atoms with E-state index in [9.17, 15) is 13.2 Å². The Kier molecular flexibility index (Phi) is 7.45. The molecule has 1 aromatic heterocycles. The van der Waals surface area contributed by atoms with Crippen LogP contribution in [0.25, 0.3) is 11.3 Å². The van der Waals surface area contributed by atoms with Gasteiger partial charge in [0.2, 0.25) is 0 Å². The molecule has 4 rings (SSSR count). The van der Waals surface area contributed by atoms with Crippen molar-refractivity contribution in [1.29, 1.82) is 0 Å². The van der Waals surface area contributed by atoms with Crippen LogP contribution in [0.4, 0.5) is 5.69 Å². The number of nitrogens with one attached hydrogen (secondary N) is 1. The first-order valence-electron chi connectivity index (χ1n) is 11.5. The summed E-state index contributed by atoms with van der Waals surface area (Å²) in [5, 5.41) is 3.54. The Labute approximate surface area is 206 Å². The van der Waals surface area contributed by atoms with Gasteiger partial charge in [-0.3, -0.25) is 4.79 Å². The van der Waals surface area contributed by atoms with Gasteiger partial charge in [0.25, 0.3) is 5.91 Å². The van der Waals surface area contributed by atoms with E-state index in [1.54, 1.807) is 12.1 Å². The van der Waals surface area contributed by atoms with E-state index in [0.717, 1.165) is 49.3 Å². The Balaban J connectivity index is 1.62. The zero-order valence-corrected chi connectivity index (χ0v) is 21.1. The molecule has 0 atom stereocenters. The van der Waals surface area contributed by atoms with Crippen LogP contribution < -0.4 is 5.32 Å². The predicted molar refractivity (Wildman–Crippen MR) is 137 cm³/mol. The van der Waals surface area contributed by atoms with Crippen LogP contribution in [0.2, 0.25) is 5.02 Å². The molecule has 0 radical (unpaired) electrons. The molecule has 0 aliphatic carbocycles. The van der Waals surface area contributed by atoms with Gasteiger partial charge in [0, 0.05) is 41.8 Å². The number of carbonyl (C=O) groups excluding carboxylic acids is 1. The molecule has 1 saturated heterocycles. The summed E-state index contributed by atoms with van der Waals surface area (Å²) in [7, 11) is -3.29. The molecular weight excluding hydrogens is 470 g/mol. The zero-order chi connectivity index (χ0) is 24.3. The smallest absolute Gasteiger partial charge is 0.257 e. The Morgan fingerprint density at radius 3 is 2.32 bits per heavy atom. The zero-order valence-electron chi connectivity index (χ0n) is 19.6. The van der Waals surface area contributed by atoms with Crippen LogP contribution in [-0.4, -0.2) is 49.7 Å². The SMILES string of the molecule is Cc1c(C(=O)Nc2ccc(S(C)(=O)=O)cc2)cn(CCN2CCCCC2)c1-c1ccccc1Cl. The van der Waals surface area contributed by atoms with E-state index >= 15 is 0 Å².